The normalized spacial score (nSPS) is 21.8. The van der Waals surface area contributed by atoms with Gasteiger partial charge < -0.3 is 25.4 Å². The standard InChI is InChI=1S/C26H39ClN6O4S/c1-36-15-14-28-18-10-8-17-9-13-23(24(37-2)19(17)12-11-18)31-26-29-16-20(27)25(32-26)30-21-6-4-5-7-22(21)33-38(3,34)35/h9,13,16,18,21-22,28,33H,4-8,10-12,14-15H2,1-3H3,(H2,29,30,31,32)/t18?,21-,22-/m1/s1. The SMILES string of the molecule is COCCNC1CCc2ccc(Nc3ncc(Cl)c(N[C@@H]4CCCC[C@H]4NS(C)(=O)=O)n3)c(OC)c2CC1. The quantitative estimate of drug-likeness (QED) is 0.238. The van der Waals surface area contributed by atoms with Crippen LogP contribution in [-0.2, 0) is 27.6 Å². The number of fused-ring (bicyclic) bond motifs is 1. The van der Waals surface area contributed by atoms with Gasteiger partial charge in [0.15, 0.2) is 5.82 Å². The highest BCUT2D eigenvalue weighted by atomic mass is 35.5. The summed E-state index contributed by atoms with van der Waals surface area (Å²) in [6.07, 6.45) is 10.3. The third-order valence-electron chi connectivity index (χ3n) is 7.25. The molecule has 0 bridgehead atoms. The summed E-state index contributed by atoms with van der Waals surface area (Å²) in [7, 11) is 0.0798. The molecule has 38 heavy (non-hydrogen) atoms. The lowest BCUT2D eigenvalue weighted by molar-refractivity contribution is 0.194. The Hall–Kier alpha value is -2.18. The van der Waals surface area contributed by atoms with E-state index in [4.69, 9.17) is 21.1 Å². The smallest absolute Gasteiger partial charge is 0.229 e. The molecule has 0 saturated heterocycles. The maximum absolute atomic E-state index is 11.9. The van der Waals surface area contributed by atoms with Gasteiger partial charge in [0.2, 0.25) is 16.0 Å². The number of methoxy groups -OCH3 is 2. The maximum Gasteiger partial charge on any atom is 0.229 e. The molecule has 2 aliphatic carbocycles. The second kappa shape index (κ2) is 13.3. The molecule has 0 aliphatic heterocycles. The molecule has 3 atom stereocenters. The summed E-state index contributed by atoms with van der Waals surface area (Å²) in [4.78, 5) is 9.02. The molecule has 1 aromatic heterocycles. The number of nitrogens with zero attached hydrogens (tertiary/aromatic N) is 2. The van der Waals surface area contributed by atoms with Crippen LogP contribution in [0.5, 0.6) is 5.75 Å². The first-order valence-corrected chi connectivity index (χ1v) is 15.5. The fourth-order valence-corrected chi connectivity index (χ4v) is 6.39. The van der Waals surface area contributed by atoms with Crippen LogP contribution < -0.4 is 25.4 Å². The number of aromatic nitrogens is 2. The van der Waals surface area contributed by atoms with Gasteiger partial charge in [0.05, 0.1) is 31.9 Å². The van der Waals surface area contributed by atoms with Gasteiger partial charge in [-0.15, -0.1) is 0 Å². The molecule has 0 radical (unpaired) electrons. The Morgan fingerprint density at radius 3 is 2.58 bits per heavy atom. The molecule has 0 amide bonds. The number of nitrogens with one attached hydrogen (secondary N) is 4. The Balaban J connectivity index is 1.50. The number of halogens is 1. The van der Waals surface area contributed by atoms with E-state index in [0.717, 1.165) is 69.3 Å². The summed E-state index contributed by atoms with van der Waals surface area (Å²) in [5.41, 5.74) is 3.29. The predicted molar refractivity (Wildman–Crippen MR) is 151 cm³/mol. The number of aryl methyl sites for hydroxylation is 1. The third kappa shape index (κ3) is 7.69. The average Bonchev–Trinajstić information content (AvgIpc) is 3.09. The first kappa shape index (κ1) is 28.8. The Bertz CT molecular complexity index is 1200. The number of ether oxygens (including phenoxy) is 2. The maximum atomic E-state index is 11.9. The Morgan fingerprint density at radius 2 is 1.84 bits per heavy atom. The van der Waals surface area contributed by atoms with Crippen molar-refractivity contribution >= 4 is 39.1 Å². The van der Waals surface area contributed by atoms with Crippen LogP contribution >= 0.6 is 11.6 Å². The molecular formula is C26H39ClN6O4S. The molecule has 1 heterocycles. The minimum absolute atomic E-state index is 0.119. The number of benzene rings is 1. The van der Waals surface area contributed by atoms with E-state index in [-0.39, 0.29) is 12.1 Å². The zero-order chi connectivity index (χ0) is 27.1. The van der Waals surface area contributed by atoms with Crippen molar-refractivity contribution in [3.8, 4) is 5.75 Å². The van der Waals surface area contributed by atoms with E-state index in [1.807, 2.05) is 6.07 Å². The van der Waals surface area contributed by atoms with Crippen molar-refractivity contribution in [3.63, 3.8) is 0 Å². The number of anilines is 3. The van der Waals surface area contributed by atoms with Crippen LogP contribution in [-0.4, -0.2) is 70.1 Å². The zero-order valence-corrected chi connectivity index (χ0v) is 23.9. The third-order valence-corrected chi connectivity index (χ3v) is 8.26. The van der Waals surface area contributed by atoms with Crippen molar-refractivity contribution in [2.45, 2.75) is 69.5 Å². The molecule has 4 N–H and O–H groups in total. The topological polar surface area (TPSA) is 126 Å². The predicted octanol–water partition coefficient (Wildman–Crippen LogP) is 3.64. The van der Waals surface area contributed by atoms with E-state index in [1.54, 1.807) is 20.4 Å². The van der Waals surface area contributed by atoms with Crippen molar-refractivity contribution in [1.82, 2.24) is 20.0 Å². The summed E-state index contributed by atoms with van der Waals surface area (Å²) in [5.74, 6) is 1.65. The highest BCUT2D eigenvalue weighted by molar-refractivity contribution is 7.88. The molecule has 1 fully saturated rings. The van der Waals surface area contributed by atoms with Crippen molar-refractivity contribution in [2.24, 2.45) is 0 Å². The molecule has 1 aromatic carbocycles. The van der Waals surface area contributed by atoms with E-state index < -0.39 is 10.0 Å². The van der Waals surface area contributed by atoms with Crippen molar-refractivity contribution < 1.29 is 17.9 Å². The van der Waals surface area contributed by atoms with Gasteiger partial charge in [0.1, 0.15) is 10.8 Å². The number of rotatable bonds is 11. The van der Waals surface area contributed by atoms with E-state index in [1.165, 1.54) is 17.4 Å². The van der Waals surface area contributed by atoms with E-state index >= 15 is 0 Å². The average molecular weight is 567 g/mol. The summed E-state index contributed by atoms with van der Waals surface area (Å²) in [5, 5.41) is 10.6. The molecule has 1 saturated carbocycles. The molecule has 4 rings (SSSR count). The largest absolute Gasteiger partial charge is 0.494 e. The number of hydrogen-bond donors (Lipinski definition) is 4. The molecule has 2 aliphatic rings. The van der Waals surface area contributed by atoms with E-state index in [0.29, 0.717) is 29.4 Å². The van der Waals surface area contributed by atoms with E-state index in [2.05, 4.69) is 36.7 Å². The summed E-state index contributed by atoms with van der Waals surface area (Å²) >= 11 is 6.44. The van der Waals surface area contributed by atoms with Crippen LogP contribution in [0.3, 0.4) is 0 Å². The van der Waals surface area contributed by atoms with Crippen LogP contribution in [0.1, 0.15) is 49.7 Å². The zero-order valence-electron chi connectivity index (χ0n) is 22.3. The van der Waals surface area contributed by atoms with Crippen LogP contribution in [0, 0.1) is 0 Å². The van der Waals surface area contributed by atoms with Crippen LogP contribution in [0.2, 0.25) is 5.02 Å². The molecule has 210 valence electrons. The number of hydrogen-bond acceptors (Lipinski definition) is 9. The molecule has 10 nitrogen and oxygen atoms in total. The molecule has 12 heteroatoms. The number of sulfonamides is 1. The summed E-state index contributed by atoms with van der Waals surface area (Å²) in [6, 6.07) is 4.25. The minimum atomic E-state index is -3.33. The molecule has 0 spiro atoms. The van der Waals surface area contributed by atoms with Gasteiger partial charge in [-0.1, -0.05) is 30.5 Å². The first-order valence-electron chi connectivity index (χ1n) is 13.2. The molecule has 2 aromatic rings. The van der Waals surface area contributed by atoms with Crippen molar-refractivity contribution in [3.05, 3.63) is 34.5 Å². The first-order chi connectivity index (χ1) is 18.3. The Labute approximate surface area is 230 Å². The highest BCUT2D eigenvalue weighted by Crippen LogP contribution is 2.37. The fourth-order valence-electron chi connectivity index (χ4n) is 5.41. The minimum Gasteiger partial charge on any atom is -0.494 e. The van der Waals surface area contributed by atoms with Crippen LogP contribution in [0.15, 0.2) is 18.3 Å². The molecule has 1 unspecified atom stereocenters. The van der Waals surface area contributed by atoms with E-state index in [9.17, 15) is 8.42 Å². The van der Waals surface area contributed by atoms with Gasteiger partial charge >= 0.3 is 0 Å². The Morgan fingerprint density at radius 1 is 1.08 bits per heavy atom. The second-order valence-electron chi connectivity index (χ2n) is 10.1. The Kier molecular flexibility index (Phi) is 10.1. The van der Waals surface area contributed by atoms with Crippen LogP contribution in [0.25, 0.3) is 0 Å². The molecular weight excluding hydrogens is 528 g/mol. The van der Waals surface area contributed by atoms with Gasteiger partial charge in [-0.2, -0.15) is 4.98 Å². The lowest BCUT2D eigenvalue weighted by Gasteiger charge is -2.32. The van der Waals surface area contributed by atoms with Gasteiger partial charge in [-0.05, 0) is 55.7 Å². The fraction of sp³-hybridized carbons (Fsp3) is 0.615. The van der Waals surface area contributed by atoms with Gasteiger partial charge in [-0.3, -0.25) is 0 Å². The monoisotopic (exact) mass is 566 g/mol. The summed E-state index contributed by atoms with van der Waals surface area (Å²) in [6.45, 7) is 1.55. The van der Waals surface area contributed by atoms with Gasteiger partial charge in [0.25, 0.3) is 0 Å². The van der Waals surface area contributed by atoms with Crippen molar-refractivity contribution in [1.29, 1.82) is 0 Å². The lowest BCUT2D eigenvalue weighted by atomic mass is 9.91. The second-order valence-corrected chi connectivity index (χ2v) is 12.2. The van der Waals surface area contributed by atoms with Crippen LogP contribution in [0.4, 0.5) is 17.5 Å². The summed E-state index contributed by atoms with van der Waals surface area (Å²) < 4.78 is 37.5. The van der Waals surface area contributed by atoms with Gasteiger partial charge in [-0.25, -0.2) is 18.1 Å². The van der Waals surface area contributed by atoms with Crippen molar-refractivity contribution in [2.75, 3.05) is 44.3 Å². The van der Waals surface area contributed by atoms with Gasteiger partial charge in [0, 0.05) is 31.8 Å². The highest BCUT2D eigenvalue weighted by Gasteiger charge is 2.28. The lowest BCUT2D eigenvalue weighted by Crippen LogP contribution is -2.48.